The first kappa shape index (κ1) is 15.1. The molecule has 8 heteroatoms. The van der Waals surface area contributed by atoms with Gasteiger partial charge in [-0.05, 0) is 24.3 Å². The molecule has 2 rings (SSSR count). The summed E-state index contributed by atoms with van der Waals surface area (Å²) in [7, 11) is 0. The number of anilines is 1. The molecule has 0 saturated heterocycles. The number of hydrogen-bond acceptors (Lipinski definition) is 4. The third-order valence-corrected chi connectivity index (χ3v) is 2.75. The Balaban J connectivity index is 2.32. The zero-order valence-electron chi connectivity index (χ0n) is 10.8. The Kier molecular flexibility index (Phi) is 4.08. The van der Waals surface area contributed by atoms with E-state index >= 15 is 0 Å². The van der Waals surface area contributed by atoms with Gasteiger partial charge in [0.15, 0.2) is 0 Å². The van der Waals surface area contributed by atoms with Crippen LogP contribution in [-0.4, -0.2) is 10.8 Å². The van der Waals surface area contributed by atoms with Crippen molar-refractivity contribution in [1.29, 1.82) is 5.26 Å². The molecule has 0 aliphatic rings. The third-order valence-electron chi connectivity index (χ3n) is 2.75. The lowest BCUT2D eigenvalue weighted by molar-refractivity contribution is -0.384. The number of carbonyl (C=O) groups is 1. The zero-order valence-corrected chi connectivity index (χ0v) is 10.8. The molecule has 0 fully saturated rings. The van der Waals surface area contributed by atoms with Crippen molar-refractivity contribution in [1.82, 2.24) is 0 Å². The van der Waals surface area contributed by atoms with Gasteiger partial charge in [0.05, 0.1) is 27.8 Å². The maximum absolute atomic E-state index is 13.7. The number of benzene rings is 2. The Morgan fingerprint density at radius 3 is 2.50 bits per heavy atom. The number of hydrogen-bond donors (Lipinski definition) is 1. The van der Waals surface area contributed by atoms with Crippen LogP contribution < -0.4 is 5.32 Å². The fraction of sp³-hybridized carbons (Fsp3) is 0. The number of carbonyl (C=O) groups excluding carboxylic acids is 1. The van der Waals surface area contributed by atoms with E-state index in [9.17, 15) is 23.7 Å². The number of nitrogens with zero attached hydrogens (tertiary/aromatic N) is 2. The first-order valence-corrected chi connectivity index (χ1v) is 5.87. The molecule has 0 unspecified atom stereocenters. The summed E-state index contributed by atoms with van der Waals surface area (Å²) in [5, 5.41) is 21.3. The maximum Gasteiger partial charge on any atom is 0.270 e. The molecule has 1 N–H and O–H groups in total. The van der Waals surface area contributed by atoms with Crippen LogP contribution in [-0.2, 0) is 0 Å². The molecular formula is C14H7F2N3O3. The van der Waals surface area contributed by atoms with Gasteiger partial charge in [-0.3, -0.25) is 14.9 Å². The molecular weight excluding hydrogens is 296 g/mol. The summed E-state index contributed by atoms with van der Waals surface area (Å²) in [5.41, 5.74) is -1.27. The van der Waals surface area contributed by atoms with E-state index in [0.29, 0.717) is 0 Å². The Hall–Kier alpha value is -3.34. The highest BCUT2D eigenvalue weighted by Crippen LogP contribution is 2.20. The number of nitrogens with one attached hydrogen (secondary N) is 1. The van der Waals surface area contributed by atoms with Crippen molar-refractivity contribution >= 4 is 17.3 Å². The summed E-state index contributed by atoms with van der Waals surface area (Å²) in [5.74, 6) is -2.89. The van der Waals surface area contributed by atoms with Crippen LogP contribution in [0.1, 0.15) is 15.9 Å². The summed E-state index contributed by atoms with van der Waals surface area (Å²) < 4.78 is 27.2. The largest absolute Gasteiger partial charge is 0.319 e. The zero-order chi connectivity index (χ0) is 16.3. The molecule has 1 amide bonds. The van der Waals surface area contributed by atoms with Gasteiger partial charge in [-0.15, -0.1) is 0 Å². The van der Waals surface area contributed by atoms with E-state index in [1.807, 2.05) is 0 Å². The monoisotopic (exact) mass is 303 g/mol. The minimum atomic E-state index is -1.04. The molecule has 110 valence electrons. The first-order chi connectivity index (χ1) is 10.4. The lowest BCUT2D eigenvalue weighted by atomic mass is 10.1. The van der Waals surface area contributed by atoms with E-state index in [1.165, 1.54) is 6.07 Å². The molecule has 0 radical (unpaired) electrons. The maximum atomic E-state index is 13.7. The van der Waals surface area contributed by atoms with E-state index in [0.717, 1.165) is 30.3 Å². The highest BCUT2D eigenvalue weighted by molar-refractivity contribution is 6.04. The molecule has 0 saturated carbocycles. The van der Waals surface area contributed by atoms with E-state index in [2.05, 4.69) is 5.32 Å². The highest BCUT2D eigenvalue weighted by atomic mass is 19.1. The normalized spacial score (nSPS) is 9.86. The molecule has 0 heterocycles. The van der Waals surface area contributed by atoms with Crippen molar-refractivity contribution in [3.05, 3.63) is 69.3 Å². The summed E-state index contributed by atoms with van der Waals surface area (Å²) >= 11 is 0. The number of nitriles is 1. The average Bonchev–Trinajstić information content (AvgIpc) is 2.49. The number of amides is 1. The Morgan fingerprint density at radius 1 is 1.18 bits per heavy atom. The van der Waals surface area contributed by atoms with E-state index in [1.54, 1.807) is 6.07 Å². The van der Waals surface area contributed by atoms with Crippen LogP contribution in [0.3, 0.4) is 0 Å². The van der Waals surface area contributed by atoms with Crippen molar-refractivity contribution in [3.8, 4) is 6.07 Å². The first-order valence-electron chi connectivity index (χ1n) is 5.87. The van der Waals surface area contributed by atoms with E-state index in [4.69, 9.17) is 5.26 Å². The van der Waals surface area contributed by atoms with Crippen molar-refractivity contribution in [2.75, 3.05) is 5.32 Å². The minimum absolute atomic E-state index is 0.0528. The summed E-state index contributed by atoms with van der Waals surface area (Å²) in [6.07, 6.45) is 0. The number of nitro benzene ring substituents is 1. The SMILES string of the molecule is N#Cc1ccc(NC(=O)c2cc([N+](=O)[O-])ccc2F)c(F)c1. The third kappa shape index (κ3) is 3.04. The van der Waals surface area contributed by atoms with Crippen molar-refractivity contribution in [2.45, 2.75) is 0 Å². The molecule has 22 heavy (non-hydrogen) atoms. The molecule has 6 nitrogen and oxygen atoms in total. The second-order valence-corrected chi connectivity index (χ2v) is 4.18. The standard InChI is InChI=1S/C14H7F2N3O3/c15-11-3-2-9(19(21)22)6-10(11)14(20)18-13-4-1-8(7-17)5-12(13)16/h1-6H,(H,18,20). The quantitative estimate of drug-likeness (QED) is 0.696. The van der Waals surface area contributed by atoms with Gasteiger partial charge in [0, 0.05) is 12.1 Å². The molecule has 0 aliphatic heterocycles. The Morgan fingerprint density at radius 2 is 1.91 bits per heavy atom. The van der Waals surface area contributed by atoms with Gasteiger partial charge in [-0.1, -0.05) is 0 Å². The molecule has 0 aliphatic carbocycles. The van der Waals surface area contributed by atoms with Crippen LogP contribution in [0, 0.1) is 33.1 Å². The second kappa shape index (κ2) is 5.97. The van der Waals surface area contributed by atoms with Crippen LogP contribution in [0.2, 0.25) is 0 Å². The smallest absolute Gasteiger partial charge is 0.270 e. The van der Waals surface area contributed by atoms with Gasteiger partial charge in [0.25, 0.3) is 11.6 Å². The number of non-ortho nitro benzene ring substituents is 1. The summed E-state index contributed by atoms with van der Waals surface area (Å²) in [6, 6.07) is 7.48. The van der Waals surface area contributed by atoms with Crippen LogP contribution in [0.5, 0.6) is 0 Å². The highest BCUT2D eigenvalue weighted by Gasteiger charge is 2.18. The number of nitro groups is 1. The Labute approximate surface area is 122 Å². The van der Waals surface area contributed by atoms with Crippen molar-refractivity contribution < 1.29 is 18.5 Å². The average molecular weight is 303 g/mol. The number of halogens is 2. The lowest BCUT2D eigenvalue weighted by Gasteiger charge is -2.07. The predicted octanol–water partition coefficient (Wildman–Crippen LogP) is 3.00. The van der Waals surface area contributed by atoms with Gasteiger partial charge >= 0.3 is 0 Å². The second-order valence-electron chi connectivity index (χ2n) is 4.18. The van der Waals surface area contributed by atoms with Gasteiger partial charge in [0.1, 0.15) is 11.6 Å². The van der Waals surface area contributed by atoms with Crippen LogP contribution >= 0.6 is 0 Å². The Bertz CT molecular complexity index is 815. The molecule has 0 spiro atoms. The van der Waals surface area contributed by atoms with Crippen molar-refractivity contribution in [2.24, 2.45) is 0 Å². The van der Waals surface area contributed by atoms with Gasteiger partial charge in [-0.25, -0.2) is 8.78 Å². The molecule has 0 aromatic heterocycles. The molecule has 0 atom stereocenters. The fourth-order valence-electron chi connectivity index (χ4n) is 1.68. The minimum Gasteiger partial charge on any atom is -0.319 e. The van der Waals surface area contributed by atoms with Crippen LogP contribution in [0.15, 0.2) is 36.4 Å². The topological polar surface area (TPSA) is 96.0 Å². The van der Waals surface area contributed by atoms with Crippen LogP contribution in [0.25, 0.3) is 0 Å². The fourth-order valence-corrected chi connectivity index (χ4v) is 1.68. The summed E-state index contributed by atoms with van der Waals surface area (Å²) in [4.78, 5) is 21.8. The predicted molar refractivity (Wildman–Crippen MR) is 72.1 cm³/mol. The van der Waals surface area contributed by atoms with Crippen molar-refractivity contribution in [3.63, 3.8) is 0 Å². The van der Waals surface area contributed by atoms with Gasteiger partial charge in [0.2, 0.25) is 0 Å². The van der Waals surface area contributed by atoms with E-state index in [-0.39, 0.29) is 11.3 Å². The van der Waals surface area contributed by atoms with Gasteiger partial charge in [-0.2, -0.15) is 5.26 Å². The summed E-state index contributed by atoms with van der Waals surface area (Å²) in [6.45, 7) is 0. The molecule has 2 aromatic rings. The van der Waals surface area contributed by atoms with Crippen LogP contribution in [0.4, 0.5) is 20.2 Å². The lowest BCUT2D eigenvalue weighted by Crippen LogP contribution is -2.15. The van der Waals surface area contributed by atoms with Gasteiger partial charge < -0.3 is 5.32 Å². The number of rotatable bonds is 3. The molecule has 0 bridgehead atoms. The molecule has 2 aromatic carbocycles. The van der Waals surface area contributed by atoms with E-state index < -0.39 is 33.7 Å².